The van der Waals surface area contributed by atoms with Gasteiger partial charge in [0.05, 0.1) is 18.2 Å². The molecule has 0 radical (unpaired) electrons. The molecule has 0 bridgehead atoms. The monoisotopic (exact) mass is 300 g/mol. The molecule has 5 nitrogen and oxygen atoms in total. The Hall–Kier alpha value is -2.14. The summed E-state index contributed by atoms with van der Waals surface area (Å²) < 4.78 is 5.26. The molecule has 1 fully saturated rings. The van der Waals surface area contributed by atoms with Crippen LogP contribution in [0, 0.1) is 12.8 Å². The average Bonchev–Trinajstić information content (AvgIpc) is 3.02. The lowest BCUT2D eigenvalue weighted by Crippen LogP contribution is -2.29. The summed E-state index contributed by atoms with van der Waals surface area (Å²) in [6, 6.07) is 7.41. The first-order valence-corrected chi connectivity index (χ1v) is 7.48. The topological polar surface area (TPSA) is 62.7 Å². The molecule has 116 valence electrons. The zero-order valence-electron chi connectivity index (χ0n) is 12.9. The van der Waals surface area contributed by atoms with Crippen LogP contribution in [0.15, 0.2) is 24.3 Å². The van der Waals surface area contributed by atoms with Gasteiger partial charge in [0, 0.05) is 36.7 Å². The van der Waals surface area contributed by atoms with E-state index < -0.39 is 0 Å². The molecule has 3 rings (SSSR count). The molecule has 2 aromatic rings. The molecule has 1 aliphatic heterocycles. The Morgan fingerprint density at radius 2 is 2.27 bits per heavy atom. The van der Waals surface area contributed by atoms with Crippen molar-refractivity contribution >= 4 is 16.8 Å². The number of rotatable bonds is 3. The predicted molar refractivity (Wildman–Crippen MR) is 84.1 cm³/mol. The van der Waals surface area contributed by atoms with E-state index in [1.807, 2.05) is 36.1 Å². The highest BCUT2D eigenvalue weighted by atomic mass is 16.5. The van der Waals surface area contributed by atoms with Crippen LogP contribution in [0.5, 0.6) is 5.75 Å². The molecule has 1 N–H and O–H groups in total. The van der Waals surface area contributed by atoms with Crippen LogP contribution >= 0.6 is 0 Å². The van der Waals surface area contributed by atoms with Crippen molar-refractivity contribution in [1.82, 2.24) is 9.88 Å². The number of hydrogen-bond acceptors (Lipinski definition) is 4. The van der Waals surface area contributed by atoms with Crippen LogP contribution in [0.2, 0.25) is 0 Å². The number of amides is 1. The van der Waals surface area contributed by atoms with Gasteiger partial charge in [-0.3, -0.25) is 9.78 Å². The van der Waals surface area contributed by atoms with E-state index in [2.05, 4.69) is 4.98 Å². The Balaban J connectivity index is 2.03. The first kappa shape index (κ1) is 14.8. The third kappa shape index (κ3) is 2.64. The maximum Gasteiger partial charge on any atom is 0.254 e. The minimum Gasteiger partial charge on any atom is -0.497 e. The molecule has 1 aromatic carbocycles. The highest BCUT2D eigenvalue weighted by Crippen LogP contribution is 2.26. The van der Waals surface area contributed by atoms with Gasteiger partial charge >= 0.3 is 0 Å². The number of aromatic nitrogens is 1. The molecular formula is C17H20N2O3. The molecule has 2 heterocycles. The van der Waals surface area contributed by atoms with E-state index in [0.29, 0.717) is 24.4 Å². The Bertz CT molecular complexity index is 714. The van der Waals surface area contributed by atoms with Crippen molar-refractivity contribution in [2.75, 3.05) is 26.8 Å². The fraction of sp³-hybridized carbons (Fsp3) is 0.412. The van der Waals surface area contributed by atoms with Gasteiger partial charge in [-0.15, -0.1) is 0 Å². The van der Waals surface area contributed by atoms with E-state index in [1.165, 1.54) is 0 Å². The zero-order valence-corrected chi connectivity index (χ0v) is 12.9. The number of likely N-dealkylation sites (tertiary alicyclic amines) is 1. The molecule has 1 unspecified atom stereocenters. The van der Waals surface area contributed by atoms with Gasteiger partial charge in [-0.2, -0.15) is 0 Å². The highest BCUT2D eigenvalue weighted by Gasteiger charge is 2.27. The molecule has 1 saturated heterocycles. The smallest absolute Gasteiger partial charge is 0.254 e. The lowest BCUT2D eigenvalue weighted by Gasteiger charge is -2.18. The molecular weight excluding hydrogens is 280 g/mol. The van der Waals surface area contributed by atoms with Crippen LogP contribution in [0.4, 0.5) is 0 Å². The molecule has 1 atom stereocenters. The number of ether oxygens (including phenoxy) is 1. The van der Waals surface area contributed by atoms with E-state index in [9.17, 15) is 9.90 Å². The van der Waals surface area contributed by atoms with Gasteiger partial charge in [-0.05, 0) is 37.6 Å². The van der Waals surface area contributed by atoms with Gasteiger partial charge in [0.1, 0.15) is 5.75 Å². The van der Waals surface area contributed by atoms with Crippen molar-refractivity contribution in [3.63, 3.8) is 0 Å². The Labute approximate surface area is 129 Å². The number of fused-ring (bicyclic) bond motifs is 1. The summed E-state index contributed by atoms with van der Waals surface area (Å²) >= 11 is 0. The minimum atomic E-state index is -0.000275. The molecule has 0 saturated carbocycles. The number of benzene rings is 1. The quantitative estimate of drug-likeness (QED) is 0.942. The first-order chi connectivity index (χ1) is 10.6. The number of nitrogens with zero attached hydrogens (tertiary/aromatic N) is 2. The standard InChI is InChI=1S/C17H20N2O3/c1-11-7-15(17(21)19-6-5-12(9-19)10-20)14-8-13(22-2)3-4-16(14)18-11/h3-4,7-8,12,20H,5-6,9-10H2,1-2H3. The van der Waals surface area contributed by atoms with Gasteiger partial charge in [0.25, 0.3) is 5.91 Å². The SMILES string of the molecule is COc1ccc2nc(C)cc(C(=O)N3CCC(CO)C3)c2c1. The second-order valence-electron chi connectivity index (χ2n) is 5.78. The summed E-state index contributed by atoms with van der Waals surface area (Å²) in [5.41, 5.74) is 2.26. The molecule has 5 heteroatoms. The summed E-state index contributed by atoms with van der Waals surface area (Å²) in [5, 5.41) is 10.1. The predicted octanol–water partition coefficient (Wildman–Crippen LogP) is 2.01. The van der Waals surface area contributed by atoms with Crippen molar-refractivity contribution in [3.05, 3.63) is 35.5 Å². The van der Waals surface area contributed by atoms with E-state index in [4.69, 9.17) is 4.74 Å². The second-order valence-corrected chi connectivity index (χ2v) is 5.78. The number of aliphatic hydroxyl groups excluding tert-OH is 1. The lowest BCUT2D eigenvalue weighted by atomic mass is 10.1. The molecule has 1 aromatic heterocycles. The van der Waals surface area contributed by atoms with Gasteiger partial charge in [-0.1, -0.05) is 0 Å². The van der Waals surface area contributed by atoms with E-state index in [-0.39, 0.29) is 18.4 Å². The van der Waals surface area contributed by atoms with Crippen molar-refractivity contribution in [2.45, 2.75) is 13.3 Å². The summed E-state index contributed by atoms with van der Waals surface area (Å²) in [6.45, 7) is 3.33. The third-order valence-corrected chi connectivity index (χ3v) is 4.21. The first-order valence-electron chi connectivity index (χ1n) is 7.48. The van der Waals surface area contributed by atoms with Crippen molar-refractivity contribution < 1.29 is 14.6 Å². The Morgan fingerprint density at radius 3 is 2.95 bits per heavy atom. The zero-order chi connectivity index (χ0) is 15.7. The molecule has 1 aliphatic rings. The van der Waals surface area contributed by atoms with Gasteiger partial charge < -0.3 is 14.7 Å². The fourth-order valence-corrected chi connectivity index (χ4v) is 2.98. The van der Waals surface area contributed by atoms with Gasteiger partial charge in [0.15, 0.2) is 0 Å². The number of methoxy groups -OCH3 is 1. The van der Waals surface area contributed by atoms with Crippen molar-refractivity contribution in [2.24, 2.45) is 5.92 Å². The van der Waals surface area contributed by atoms with E-state index in [0.717, 1.165) is 23.0 Å². The van der Waals surface area contributed by atoms with Crippen LogP contribution in [-0.2, 0) is 0 Å². The van der Waals surface area contributed by atoms with Crippen LogP contribution in [0.3, 0.4) is 0 Å². The molecule has 1 amide bonds. The number of carbonyl (C=O) groups excluding carboxylic acids is 1. The minimum absolute atomic E-state index is 0.000275. The summed E-state index contributed by atoms with van der Waals surface area (Å²) in [4.78, 5) is 19.1. The summed E-state index contributed by atoms with van der Waals surface area (Å²) in [7, 11) is 1.61. The maximum atomic E-state index is 12.8. The van der Waals surface area contributed by atoms with Crippen LogP contribution in [0.1, 0.15) is 22.5 Å². The average molecular weight is 300 g/mol. The van der Waals surface area contributed by atoms with Gasteiger partial charge in [0.2, 0.25) is 0 Å². The van der Waals surface area contributed by atoms with Crippen molar-refractivity contribution in [1.29, 1.82) is 0 Å². The fourth-order valence-electron chi connectivity index (χ4n) is 2.98. The second kappa shape index (κ2) is 5.93. The highest BCUT2D eigenvalue weighted by molar-refractivity contribution is 6.06. The van der Waals surface area contributed by atoms with Crippen LogP contribution in [-0.4, -0.2) is 47.7 Å². The number of aryl methyl sites for hydroxylation is 1. The number of carbonyl (C=O) groups is 1. The third-order valence-electron chi connectivity index (χ3n) is 4.21. The largest absolute Gasteiger partial charge is 0.497 e. The number of aliphatic hydroxyl groups is 1. The lowest BCUT2D eigenvalue weighted by molar-refractivity contribution is 0.0783. The van der Waals surface area contributed by atoms with Crippen LogP contribution < -0.4 is 4.74 Å². The molecule has 22 heavy (non-hydrogen) atoms. The van der Waals surface area contributed by atoms with Gasteiger partial charge in [-0.25, -0.2) is 0 Å². The molecule has 0 aliphatic carbocycles. The Morgan fingerprint density at radius 1 is 1.45 bits per heavy atom. The van der Waals surface area contributed by atoms with Crippen molar-refractivity contribution in [3.8, 4) is 5.75 Å². The van der Waals surface area contributed by atoms with Crippen LogP contribution in [0.25, 0.3) is 10.9 Å². The normalized spacial score (nSPS) is 18.0. The van der Waals surface area contributed by atoms with E-state index in [1.54, 1.807) is 7.11 Å². The van der Waals surface area contributed by atoms with E-state index >= 15 is 0 Å². The Kier molecular flexibility index (Phi) is 3.98. The summed E-state index contributed by atoms with van der Waals surface area (Å²) in [6.07, 6.45) is 0.855. The molecule has 0 spiro atoms. The summed E-state index contributed by atoms with van der Waals surface area (Å²) in [5.74, 6) is 0.897. The number of pyridine rings is 1. The maximum absolute atomic E-state index is 12.8. The number of hydrogen-bond donors (Lipinski definition) is 1.